The zero-order valence-corrected chi connectivity index (χ0v) is 14.6. The van der Waals surface area contributed by atoms with Crippen LogP contribution < -0.4 is 10.2 Å². The maximum Gasteiger partial charge on any atom is 0.225 e. The van der Waals surface area contributed by atoms with Crippen LogP contribution in [0.25, 0.3) is 0 Å². The number of aromatic nitrogens is 2. The van der Waals surface area contributed by atoms with E-state index in [1.807, 2.05) is 13.1 Å². The Morgan fingerprint density at radius 3 is 2.58 bits per heavy atom. The van der Waals surface area contributed by atoms with E-state index < -0.39 is 0 Å². The SMILES string of the molecule is CN=C(NCCCOCCOC)N1CCN(c2ncccn2)CC1. The fourth-order valence-corrected chi connectivity index (χ4v) is 2.52. The number of anilines is 1. The number of piperazine rings is 1. The lowest BCUT2D eigenvalue weighted by molar-refractivity contribution is 0.0698. The molecule has 1 saturated heterocycles. The molecule has 0 radical (unpaired) electrons. The Morgan fingerprint density at radius 2 is 1.92 bits per heavy atom. The third kappa shape index (κ3) is 5.93. The smallest absolute Gasteiger partial charge is 0.225 e. The predicted molar refractivity (Wildman–Crippen MR) is 94.5 cm³/mol. The van der Waals surface area contributed by atoms with Gasteiger partial charge in [0.25, 0.3) is 0 Å². The van der Waals surface area contributed by atoms with Gasteiger partial charge in [-0.1, -0.05) is 0 Å². The number of nitrogens with one attached hydrogen (secondary N) is 1. The summed E-state index contributed by atoms with van der Waals surface area (Å²) in [6.45, 7) is 6.47. The highest BCUT2D eigenvalue weighted by Gasteiger charge is 2.20. The Kier molecular flexibility index (Phi) is 8.26. The van der Waals surface area contributed by atoms with E-state index in [0.717, 1.165) is 57.7 Å². The Labute approximate surface area is 143 Å². The second-order valence-corrected chi connectivity index (χ2v) is 5.46. The highest BCUT2D eigenvalue weighted by molar-refractivity contribution is 5.80. The second-order valence-electron chi connectivity index (χ2n) is 5.46. The lowest BCUT2D eigenvalue weighted by Gasteiger charge is -2.36. The van der Waals surface area contributed by atoms with Crippen LogP contribution in [0.3, 0.4) is 0 Å². The fourth-order valence-electron chi connectivity index (χ4n) is 2.52. The minimum absolute atomic E-state index is 0.643. The Bertz CT molecular complexity index is 477. The number of guanidine groups is 1. The van der Waals surface area contributed by atoms with E-state index in [9.17, 15) is 0 Å². The van der Waals surface area contributed by atoms with Crippen LogP contribution in [0.1, 0.15) is 6.42 Å². The van der Waals surface area contributed by atoms with Crippen LogP contribution in [-0.4, -0.2) is 87.5 Å². The molecule has 0 unspecified atom stereocenters. The van der Waals surface area contributed by atoms with Gasteiger partial charge in [-0.3, -0.25) is 4.99 Å². The molecule has 8 nitrogen and oxygen atoms in total. The second kappa shape index (κ2) is 10.8. The molecule has 0 saturated carbocycles. The van der Waals surface area contributed by atoms with E-state index in [0.29, 0.717) is 13.2 Å². The van der Waals surface area contributed by atoms with Crippen molar-refractivity contribution in [1.82, 2.24) is 20.2 Å². The molecule has 2 heterocycles. The lowest BCUT2D eigenvalue weighted by Crippen LogP contribution is -2.53. The topological polar surface area (TPSA) is 75.1 Å². The molecule has 24 heavy (non-hydrogen) atoms. The Hall–Kier alpha value is -1.93. The van der Waals surface area contributed by atoms with Gasteiger partial charge in [0.2, 0.25) is 5.95 Å². The van der Waals surface area contributed by atoms with E-state index in [1.165, 1.54) is 0 Å². The van der Waals surface area contributed by atoms with Crippen LogP contribution in [0.4, 0.5) is 5.95 Å². The van der Waals surface area contributed by atoms with Crippen molar-refractivity contribution in [3.05, 3.63) is 18.5 Å². The molecule has 1 aromatic heterocycles. The Morgan fingerprint density at radius 1 is 1.17 bits per heavy atom. The molecule has 1 N–H and O–H groups in total. The van der Waals surface area contributed by atoms with Gasteiger partial charge in [-0.05, 0) is 12.5 Å². The molecule has 0 aliphatic carbocycles. The number of ether oxygens (including phenoxy) is 2. The number of aliphatic imine (C=N–C) groups is 1. The first-order valence-corrected chi connectivity index (χ1v) is 8.39. The van der Waals surface area contributed by atoms with E-state index in [2.05, 4.69) is 30.1 Å². The van der Waals surface area contributed by atoms with Crippen molar-refractivity contribution in [2.24, 2.45) is 4.99 Å². The molecule has 1 aliphatic rings. The number of hydrogen-bond donors (Lipinski definition) is 1. The van der Waals surface area contributed by atoms with Crippen molar-refractivity contribution >= 4 is 11.9 Å². The van der Waals surface area contributed by atoms with Crippen molar-refractivity contribution in [2.75, 3.05) is 71.6 Å². The van der Waals surface area contributed by atoms with Crippen molar-refractivity contribution in [2.45, 2.75) is 6.42 Å². The maximum atomic E-state index is 5.46. The number of rotatable bonds is 8. The summed E-state index contributed by atoms with van der Waals surface area (Å²) >= 11 is 0. The van der Waals surface area contributed by atoms with Gasteiger partial charge in [-0.25, -0.2) is 9.97 Å². The van der Waals surface area contributed by atoms with Gasteiger partial charge in [0.15, 0.2) is 5.96 Å². The average molecular weight is 336 g/mol. The van der Waals surface area contributed by atoms with Gasteiger partial charge >= 0.3 is 0 Å². The normalized spacial score (nSPS) is 15.7. The third-order valence-electron chi connectivity index (χ3n) is 3.81. The summed E-state index contributed by atoms with van der Waals surface area (Å²) in [5, 5.41) is 3.40. The van der Waals surface area contributed by atoms with Gasteiger partial charge in [0.05, 0.1) is 13.2 Å². The molecule has 1 aliphatic heterocycles. The molecule has 1 fully saturated rings. The van der Waals surface area contributed by atoms with Gasteiger partial charge in [0.1, 0.15) is 0 Å². The molecule has 0 amide bonds. The lowest BCUT2D eigenvalue weighted by atomic mass is 10.3. The number of hydrogen-bond acceptors (Lipinski definition) is 6. The van der Waals surface area contributed by atoms with Gasteiger partial charge in [-0.15, -0.1) is 0 Å². The molecule has 0 aromatic carbocycles. The maximum absolute atomic E-state index is 5.46. The summed E-state index contributed by atoms with van der Waals surface area (Å²) in [5.41, 5.74) is 0. The van der Waals surface area contributed by atoms with Crippen LogP contribution in [0.15, 0.2) is 23.5 Å². The molecule has 0 atom stereocenters. The van der Waals surface area contributed by atoms with Crippen molar-refractivity contribution in [3.8, 4) is 0 Å². The largest absolute Gasteiger partial charge is 0.382 e. The predicted octanol–water partition coefficient (Wildman–Crippen LogP) is 0.227. The monoisotopic (exact) mass is 336 g/mol. The summed E-state index contributed by atoms with van der Waals surface area (Å²) in [4.78, 5) is 17.5. The van der Waals surface area contributed by atoms with E-state index in [-0.39, 0.29) is 0 Å². The first-order valence-electron chi connectivity index (χ1n) is 8.39. The first kappa shape index (κ1) is 18.4. The average Bonchev–Trinajstić information content (AvgIpc) is 2.65. The zero-order chi connectivity index (χ0) is 17.0. The first-order chi connectivity index (χ1) is 11.8. The van der Waals surface area contributed by atoms with Crippen LogP contribution in [0.5, 0.6) is 0 Å². The van der Waals surface area contributed by atoms with E-state index >= 15 is 0 Å². The molecule has 2 rings (SSSR count). The third-order valence-corrected chi connectivity index (χ3v) is 3.81. The van der Waals surface area contributed by atoms with E-state index in [1.54, 1.807) is 19.5 Å². The highest BCUT2D eigenvalue weighted by atomic mass is 16.5. The minimum Gasteiger partial charge on any atom is -0.382 e. The minimum atomic E-state index is 0.643. The summed E-state index contributed by atoms with van der Waals surface area (Å²) in [5.74, 6) is 1.74. The van der Waals surface area contributed by atoms with Crippen molar-refractivity contribution < 1.29 is 9.47 Å². The molecule has 0 spiro atoms. The van der Waals surface area contributed by atoms with Gasteiger partial charge < -0.3 is 24.6 Å². The van der Waals surface area contributed by atoms with Crippen LogP contribution in [0, 0.1) is 0 Å². The number of nitrogens with zero attached hydrogens (tertiary/aromatic N) is 5. The molecule has 0 bridgehead atoms. The standard InChI is InChI=1S/C16H28N6O2/c1-17-15(18-7-4-12-24-14-13-23-2)21-8-10-22(11-9-21)16-19-5-3-6-20-16/h3,5-6H,4,7-14H2,1-2H3,(H,17,18). The highest BCUT2D eigenvalue weighted by Crippen LogP contribution is 2.09. The molecule has 1 aromatic rings. The molecular weight excluding hydrogens is 308 g/mol. The van der Waals surface area contributed by atoms with Gasteiger partial charge in [-0.2, -0.15) is 0 Å². The Balaban J connectivity index is 1.66. The fraction of sp³-hybridized carbons (Fsp3) is 0.688. The van der Waals surface area contributed by atoms with Crippen LogP contribution in [-0.2, 0) is 9.47 Å². The van der Waals surface area contributed by atoms with Crippen molar-refractivity contribution in [1.29, 1.82) is 0 Å². The summed E-state index contributed by atoms with van der Waals surface area (Å²) < 4.78 is 10.4. The van der Waals surface area contributed by atoms with Crippen LogP contribution >= 0.6 is 0 Å². The molecular formula is C16H28N6O2. The summed E-state index contributed by atoms with van der Waals surface area (Å²) in [6, 6.07) is 1.84. The summed E-state index contributed by atoms with van der Waals surface area (Å²) in [6.07, 6.45) is 4.51. The molecule has 134 valence electrons. The van der Waals surface area contributed by atoms with Gasteiger partial charge in [0, 0.05) is 65.9 Å². The quantitative estimate of drug-likeness (QED) is 0.414. The molecule has 8 heteroatoms. The van der Waals surface area contributed by atoms with Crippen LogP contribution in [0.2, 0.25) is 0 Å². The van der Waals surface area contributed by atoms with E-state index in [4.69, 9.17) is 9.47 Å². The summed E-state index contributed by atoms with van der Waals surface area (Å²) in [7, 11) is 3.50. The van der Waals surface area contributed by atoms with Crippen molar-refractivity contribution in [3.63, 3.8) is 0 Å². The number of methoxy groups -OCH3 is 1. The zero-order valence-electron chi connectivity index (χ0n) is 14.6.